The van der Waals surface area contributed by atoms with E-state index in [4.69, 9.17) is 4.74 Å². The van der Waals surface area contributed by atoms with Crippen molar-refractivity contribution in [1.82, 2.24) is 20.0 Å². The number of hydrogen-bond acceptors (Lipinski definition) is 6. The monoisotopic (exact) mass is 347 g/mol. The van der Waals surface area contributed by atoms with E-state index in [1.165, 1.54) is 6.42 Å². The molecule has 0 saturated carbocycles. The molecule has 2 aliphatic heterocycles. The summed E-state index contributed by atoms with van der Waals surface area (Å²) in [6.45, 7) is 7.55. The van der Waals surface area contributed by atoms with Gasteiger partial charge in [0.1, 0.15) is 0 Å². The van der Waals surface area contributed by atoms with Crippen molar-refractivity contribution in [2.24, 2.45) is 5.92 Å². The largest absolute Gasteiger partial charge is 0.374 e. The Labute approximate surface area is 149 Å². The number of morpholine rings is 1. The van der Waals surface area contributed by atoms with Crippen LogP contribution >= 0.6 is 0 Å². The summed E-state index contributed by atoms with van der Waals surface area (Å²) in [6.07, 6.45) is 4.11. The first kappa shape index (κ1) is 18.1. The van der Waals surface area contributed by atoms with Gasteiger partial charge in [0.2, 0.25) is 5.91 Å². The molecule has 7 nitrogen and oxygen atoms in total. The Hall–Kier alpha value is -1.73. The van der Waals surface area contributed by atoms with Crippen molar-refractivity contribution in [3.8, 4) is 0 Å². The van der Waals surface area contributed by atoms with Crippen molar-refractivity contribution < 1.29 is 9.53 Å². The van der Waals surface area contributed by atoms with Crippen molar-refractivity contribution in [2.45, 2.75) is 25.9 Å². The third-order valence-corrected chi connectivity index (χ3v) is 5.02. The number of likely N-dealkylation sites (N-methyl/N-ethyl adjacent to an activating group) is 1. The molecule has 1 amide bonds. The summed E-state index contributed by atoms with van der Waals surface area (Å²) >= 11 is 0. The molecular formula is C18H29N5O2. The highest BCUT2D eigenvalue weighted by Gasteiger charge is 2.27. The van der Waals surface area contributed by atoms with Gasteiger partial charge in [0.25, 0.3) is 0 Å². The lowest BCUT2D eigenvalue weighted by molar-refractivity contribution is -0.136. The third kappa shape index (κ3) is 5.12. The molecule has 3 heterocycles. The minimum atomic E-state index is 0.0776. The normalized spacial score (nSPS) is 25.0. The van der Waals surface area contributed by atoms with Crippen molar-refractivity contribution in [3.05, 3.63) is 18.3 Å². The average molecular weight is 347 g/mol. The Bertz CT molecular complexity index is 556. The van der Waals surface area contributed by atoms with E-state index in [-0.39, 0.29) is 12.0 Å². The number of nitrogens with zero attached hydrogens (tertiary/aromatic N) is 5. The van der Waals surface area contributed by atoms with Crippen molar-refractivity contribution in [3.63, 3.8) is 0 Å². The Balaban J connectivity index is 1.48. The zero-order valence-electron chi connectivity index (χ0n) is 15.3. The minimum Gasteiger partial charge on any atom is -0.374 e. The molecule has 25 heavy (non-hydrogen) atoms. The second-order valence-corrected chi connectivity index (χ2v) is 7.28. The number of rotatable bonds is 5. The number of carbonyl (C=O) groups excluding carboxylic acids is 1. The lowest BCUT2D eigenvalue weighted by Crippen LogP contribution is -2.51. The van der Waals surface area contributed by atoms with E-state index < -0.39 is 0 Å². The molecule has 1 aromatic heterocycles. The maximum absolute atomic E-state index is 12.6. The standard InChI is InChI=1S/C18H29N5O2/c1-15-5-4-8-23(11-15)18(24)14-22-9-10-25-16(13-22)12-21(2)17-6-3-7-19-20-17/h3,6-7,15-16H,4-5,8-14H2,1-2H3/t15-,16+/m1/s1. The first-order chi connectivity index (χ1) is 12.1. The van der Waals surface area contributed by atoms with E-state index in [9.17, 15) is 4.79 Å². The molecule has 2 aliphatic rings. The number of likely N-dealkylation sites (tertiary alicyclic amines) is 1. The van der Waals surface area contributed by atoms with Crippen molar-refractivity contribution in [2.75, 3.05) is 57.8 Å². The molecule has 0 spiro atoms. The maximum Gasteiger partial charge on any atom is 0.236 e. The highest BCUT2D eigenvalue weighted by atomic mass is 16.5. The zero-order valence-corrected chi connectivity index (χ0v) is 15.3. The number of amides is 1. The highest BCUT2D eigenvalue weighted by molar-refractivity contribution is 5.78. The molecule has 1 aromatic rings. The van der Waals surface area contributed by atoms with Crippen LogP contribution in [0.3, 0.4) is 0 Å². The molecule has 0 aromatic carbocycles. The first-order valence-corrected chi connectivity index (χ1v) is 9.22. The van der Waals surface area contributed by atoms with E-state index in [2.05, 4.69) is 26.9 Å². The highest BCUT2D eigenvalue weighted by Crippen LogP contribution is 2.16. The number of anilines is 1. The molecule has 0 bridgehead atoms. The summed E-state index contributed by atoms with van der Waals surface area (Å²) in [4.78, 5) is 18.9. The van der Waals surface area contributed by atoms with Gasteiger partial charge in [0, 0.05) is 46.0 Å². The summed E-state index contributed by atoms with van der Waals surface area (Å²) in [7, 11) is 1.99. The third-order valence-electron chi connectivity index (χ3n) is 5.02. The summed E-state index contributed by atoms with van der Waals surface area (Å²) in [6, 6.07) is 3.82. The van der Waals surface area contributed by atoms with Crippen LogP contribution in [0.5, 0.6) is 0 Å². The predicted molar refractivity (Wildman–Crippen MR) is 96.5 cm³/mol. The average Bonchev–Trinajstić information content (AvgIpc) is 2.63. The molecule has 0 radical (unpaired) electrons. The summed E-state index contributed by atoms with van der Waals surface area (Å²) in [5.41, 5.74) is 0. The fourth-order valence-electron chi connectivity index (χ4n) is 3.64. The minimum absolute atomic E-state index is 0.0776. The molecule has 2 saturated heterocycles. The Morgan fingerprint density at radius 1 is 1.40 bits per heavy atom. The number of hydrogen-bond donors (Lipinski definition) is 0. The number of ether oxygens (including phenoxy) is 1. The van der Waals surface area contributed by atoms with E-state index in [0.29, 0.717) is 19.1 Å². The van der Waals surface area contributed by atoms with Gasteiger partial charge in [0.05, 0.1) is 19.3 Å². The summed E-state index contributed by atoms with van der Waals surface area (Å²) in [5, 5.41) is 8.04. The van der Waals surface area contributed by atoms with E-state index in [1.54, 1.807) is 6.20 Å². The molecule has 7 heteroatoms. The Morgan fingerprint density at radius 2 is 2.28 bits per heavy atom. The second-order valence-electron chi connectivity index (χ2n) is 7.28. The van der Waals surface area contributed by atoms with Crippen LogP contribution in [-0.2, 0) is 9.53 Å². The van der Waals surface area contributed by atoms with Gasteiger partial charge in [-0.25, -0.2) is 0 Å². The molecule has 0 aliphatic carbocycles. The number of aromatic nitrogens is 2. The number of carbonyl (C=O) groups is 1. The van der Waals surface area contributed by atoms with Crippen LogP contribution < -0.4 is 4.90 Å². The summed E-state index contributed by atoms with van der Waals surface area (Å²) in [5.74, 6) is 1.71. The van der Waals surface area contributed by atoms with Crippen LogP contribution in [0.25, 0.3) is 0 Å². The molecular weight excluding hydrogens is 318 g/mol. The molecule has 0 N–H and O–H groups in total. The Kier molecular flexibility index (Phi) is 6.20. The predicted octanol–water partition coefficient (Wildman–Crippen LogP) is 0.872. The fourth-order valence-corrected chi connectivity index (χ4v) is 3.64. The van der Waals surface area contributed by atoms with Gasteiger partial charge in [-0.2, -0.15) is 5.10 Å². The zero-order chi connectivity index (χ0) is 17.6. The van der Waals surface area contributed by atoms with Gasteiger partial charge < -0.3 is 14.5 Å². The van der Waals surface area contributed by atoms with Crippen LogP contribution in [0.15, 0.2) is 18.3 Å². The van der Waals surface area contributed by atoms with E-state index >= 15 is 0 Å². The Morgan fingerprint density at radius 3 is 3.04 bits per heavy atom. The van der Waals surface area contributed by atoms with Crippen LogP contribution in [0.2, 0.25) is 0 Å². The van der Waals surface area contributed by atoms with Gasteiger partial charge in [-0.05, 0) is 30.9 Å². The first-order valence-electron chi connectivity index (χ1n) is 9.22. The summed E-state index contributed by atoms with van der Waals surface area (Å²) < 4.78 is 5.89. The second kappa shape index (κ2) is 8.58. The quantitative estimate of drug-likeness (QED) is 0.788. The maximum atomic E-state index is 12.6. The SMILES string of the molecule is C[C@@H]1CCCN(C(=O)CN2CCO[C@@H](CN(C)c3cccnn3)C2)C1. The lowest BCUT2D eigenvalue weighted by atomic mass is 10.0. The van der Waals surface area contributed by atoms with Crippen LogP contribution in [0.1, 0.15) is 19.8 Å². The van der Waals surface area contributed by atoms with Crippen molar-refractivity contribution in [1.29, 1.82) is 0 Å². The lowest BCUT2D eigenvalue weighted by Gasteiger charge is -2.37. The van der Waals surface area contributed by atoms with Gasteiger partial charge >= 0.3 is 0 Å². The fraction of sp³-hybridized carbons (Fsp3) is 0.722. The van der Waals surface area contributed by atoms with Crippen LogP contribution in [0, 0.1) is 5.92 Å². The molecule has 3 rings (SSSR count). The van der Waals surface area contributed by atoms with Gasteiger partial charge in [0.15, 0.2) is 5.82 Å². The van der Waals surface area contributed by atoms with Crippen LogP contribution in [0.4, 0.5) is 5.82 Å². The molecule has 2 fully saturated rings. The van der Waals surface area contributed by atoms with Gasteiger partial charge in [-0.1, -0.05) is 6.92 Å². The number of piperidine rings is 1. The molecule has 2 atom stereocenters. The smallest absolute Gasteiger partial charge is 0.236 e. The van der Waals surface area contributed by atoms with Gasteiger partial charge in [-0.3, -0.25) is 9.69 Å². The van der Waals surface area contributed by atoms with E-state index in [1.807, 2.05) is 24.1 Å². The van der Waals surface area contributed by atoms with Gasteiger partial charge in [-0.15, -0.1) is 5.10 Å². The van der Waals surface area contributed by atoms with E-state index in [0.717, 1.165) is 45.0 Å². The van der Waals surface area contributed by atoms with Crippen LogP contribution in [-0.4, -0.2) is 84.9 Å². The molecule has 0 unspecified atom stereocenters. The van der Waals surface area contributed by atoms with Crippen molar-refractivity contribution >= 4 is 11.7 Å². The molecule has 138 valence electrons. The topological polar surface area (TPSA) is 61.8 Å².